The first-order valence-corrected chi connectivity index (χ1v) is 10.5. The van der Waals surface area contributed by atoms with Crippen molar-refractivity contribution in [2.24, 2.45) is 5.41 Å². The molecule has 2 aromatic carbocycles. The molecular formula is C26H28O4. The number of esters is 1. The Morgan fingerprint density at radius 2 is 1.93 bits per heavy atom. The summed E-state index contributed by atoms with van der Waals surface area (Å²) in [7, 11) is 0. The molecule has 1 heterocycles. The van der Waals surface area contributed by atoms with E-state index in [2.05, 4.69) is 51.6 Å². The highest BCUT2D eigenvalue weighted by Crippen LogP contribution is 2.42. The fourth-order valence-corrected chi connectivity index (χ4v) is 4.31. The minimum absolute atomic E-state index is 0.0483. The van der Waals surface area contributed by atoms with Gasteiger partial charge in [-0.05, 0) is 43.0 Å². The number of rotatable bonds is 6. The summed E-state index contributed by atoms with van der Waals surface area (Å²) in [6, 6.07) is 16.4. The number of ether oxygens (including phenoxy) is 2. The predicted molar refractivity (Wildman–Crippen MR) is 119 cm³/mol. The summed E-state index contributed by atoms with van der Waals surface area (Å²) < 4.78 is 18.0. The number of aryl methyl sites for hydroxylation is 1. The van der Waals surface area contributed by atoms with Crippen molar-refractivity contribution in [1.82, 2.24) is 0 Å². The van der Waals surface area contributed by atoms with Crippen LogP contribution in [0.1, 0.15) is 39.2 Å². The third kappa shape index (κ3) is 3.74. The molecule has 1 aliphatic rings. The normalized spacial score (nSPS) is 20.2. The third-order valence-corrected chi connectivity index (χ3v) is 6.21. The molecule has 0 spiro atoms. The zero-order valence-corrected chi connectivity index (χ0v) is 17.8. The number of fused-ring (bicyclic) bond motifs is 1. The number of furan rings is 1. The van der Waals surface area contributed by atoms with Crippen LogP contribution in [0.3, 0.4) is 0 Å². The molecule has 1 saturated carbocycles. The molecular weight excluding hydrogens is 376 g/mol. The highest BCUT2D eigenvalue weighted by atomic mass is 16.5. The van der Waals surface area contributed by atoms with E-state index in [0.717, 1.165) is 47.3 Å². The Bertz CT molecular complexity index is 1080. The molecule has 0 amide bonds. The van der Waals surface area contributed by atoms with Crippen molar-refractivity contribution in [3.05, 3.63) is 66.7 Å². The highest BCUT2D eigenvalue weighted by molar-refractivity contribution is 5.84. The molecule has 4 heteroatoms. The molecule has 0 aliphatic heterocycles. The Balaban J connectivity index is 1.56. The zero-order valence-electron chi connectivity index (χ0n) is 17.8. The molecule has 0 N–H and O–H groups in total. The molecule has 4 nitrogen and oxygen atoms in total. The van der Waals surface area contributed by atoms with Gasteiger partial charge in [0, 0.05) is 28.5 Å². The topological polar surface area (TPSA) is 48.7 Å². The lowest BCUT2D eigenvalue weighted by Crippen LogP contribution is -2.38. The molecule has 30 heavy (non-hydrogen) atoms. The van der Waals surface area contributed by atoms with Gasteiger partial charge in [0.25, 0.3) is 0 Å². The lowest BCUT2D eigenvalue weighted by molar-refractivity contribution is -0.148. The van der Waals surface area contributed by atoms with E-state index in [4.69, 9.17) is 13.9 Å². The largest absolute Gasteiger partial charge is 0.490 e. The van der Waals surface area contributed by atoms with Crippen LogP contribution in [0.4, 0.5) is 0 Å². The summed E-state index contributed by atoms with van der Waals surface area (Å²) in [6.45, 7) is 9.79. The summed E-state index contributed by atoms with van der Waals surface area (Å²) >= 11 is 0. The van der Waals surface area contributed by atoms with Crippen molar-refractivity contribution >= 4 is 16.9 Å². The van der Waals surface area contributed by atoms with E-state index in [1.165, 1.54) is 11.6 Å². The standard InChI is InChI=1S/C26H28O4/c1-5-17-9-7-8-10-20(17)22-15-18-11-12-19(16-21(18)29-22)28-23-13-14-24(26(23,3)4)30-25(27)6-2/h6-12,15-16,23-24H,2,5,13-14H2,1,3-4H3. The van der Waals surface area contributed by atoms with Crippen LogP contribution in [0.25, 0.3) is 22.3 Å². The molecule has 2 atom stereocenters. The Kier molecular flexibility index (Phi) is 5.42. The minimum Gasteiger partial charge on any atom is -0.490 e. The summed E-state index contributed by atoms with van der Waals surface area (Å²) in [4.78, 5) is 11.6. The number of hydrogen-bond donors (Lipinski definition) is 0. The van der Waals surface area contributed by atoms with Crippen LogP contribution in [0.15, 0.2) is 65.6 Å². The Morgan fingerprint density at radius 1 is 1.17 bits per heavy atom. The van der Waals surface area contributed by atoms with E-state index >= 15 is 0 Å². The van der Waals surface area contributed by atoms with Crippen LogP contribution >= 0.6 is 0 Å². The molecule has 1 aromatic heterocycles. The number of carbonyl (C=O) groups is 1. The van der Waals surface area contributed by atoms with Crippen molar-refractivity contribution in [3.63, 3.8) is 0 Å². The summed E-state index contributed by atoms with van der Waals surface area (Å²) in [6.07, 6.45) is 3.54. The van der Waals surface area contributed by atoms with Gasteiger partial charge in [0.05, 0.1) is 0 Å². The van der Waals surface area contributed by atoms with E-state index in [1.54, 1.807) is 0 Å². The quantitative estimate of drug-likeness (QED) is 0.356. The molecule has 0 radical (unpaired) electrons. The van der Waals surface area contributed by atoms with Gasteiger partial charge in [0.2, 0.25) is 0 Å². The van der Waals surface area contributed by atoms with E-state index in [-0.39, 0.29) is 23.6 Å². The van der Waals surface area contributed by atoms with Gasteiger partial charge >= 0.3 is 5.97 Å². The smallest absolute Gasteiger partial charge is 0.330 e. The summed E-state index contributed by atoms with van der Waals surface area (Å²) in [5, 5.41) is 1.05. The first-order chi connectivity index (χ1) is 14.4. The van der Waals surface area contributed by atoms with Gasteiger partial charge in [-0.2, -0.15) is 0 Å². The van der Waals surface area contributed by atoms with Crippen LogP contribution in [0.5, 0.6) is 5.75 Å². The molecule has 156 valence electrons. The monoisotopic (exact) mass is 404 g/mol. The average Bonchev–Trinajstić information content (AvgIpc) is 3.29. The van der Waals surface area contributed by atoms with Crippen LogP contribution in [-0.4, -0.2) is 18.2 Å². The Labute approximate surface area is 177 Å². The fraction of sp³-hybridized carbons (Fsp3) is 0.346. The van der Waals surface area contributed by atoms with Crippen LogP contribution in [0, 0.1) is 5.41 Å². The van der Waals surface area contributed by atoms with Crippen LogP contribution in [0.2, 0.25) is 0 Å². The van der Waals surface area contributed by atoms with Crippen molar-refractivity contribution in [2.45, 2.75) is 52.2 Å². The number of benzene rings is 2. The number of carbonyl (C=O) groups excluding carboxylic acids is 1. The van der Waals surface area contributed by atoms with Gasteiger partial charge in [-0.1, -0.05) is 51.6 Å². The molecule has 1 fully saturated rings. The second kappa shape index (κ2) is 8.02. The fourth-order valence-electron chi connectivity index (χ4n) is 4.31. The van der Waals surface area contributed by atoms with E-state index in [0.29, 0.717) is 0 Å². The van der Waals surface area contributed by atoms with Crippen LogP contribution in [-0.2, 0) is 16.0 Å². The van der Waals surface area contributed by atoms with Gasteiger partial charge in [0.15, 0.2) is 0 Å². The highest BCUT2D eigenvalue weighted by Gasteiger charge is 2.47. The maximum Gasteiger partial charge on any atom is 0.330 e. The first kappa shape index (κ1) is 20.3. The van der Waals surface area contributed by atoms with Crippen molar-refractivity contribution in [3.8, 4) is 17.1 Å². The minimum atomic E-state index is -0.384. The number of hydrogen-bond acceptors (Lipinski definition) is 4. The third-order valence-electron chi connectivity index (χ3n) is 6.21. The molecule has 2 unspecified atom stereocenters. The second-order valence-electron chi connectivity index (χ2n) is 8.46. The van der Waals surface area contributed by atoms with Gasteiger partial charge in [-0.15, -0.1) is 0 Å². The van der Waals surface area contributed by atoms with Crippen molar-refractivity contribution in [2.75, 3.05) is 0 Å². The van der Waals surface area contributed by atoms with E-state index in [1.807, 2.05) is 24.3 Å². The van der Waals surface area contributed by atoms with Gasteiger partial charge in [0.1, 0.15) is 29.3 Å². The summed E-state index contributed by atoms with van der Waals surface area (Å²) in [5.74, 6) is 1.25. The zero-order chi connectivity index (χ0) is 21.3. The predicted octanol–water partition coefficient (Wildman–Crippen LogP) is 6.33. The molecule has 0 bridgehead atoms. The maximum atomic E-state index is 11.6. The maximum absolute atomic E-state index is 11.6. The van der Waals surface area contributed by atoms with Gasteiger partial charge < -0.3 is 13.9 Å². The Morgan fingerprint density at radius 3 is 2.70 bits per heavy atom. The Hall–Kier alpha value is -3.01. The van der Waals surface area contributed by atoms with E-state index < -0.39 is 0 Å². The molecule has 3 aromatic rings. The lowest BCUT2D eigenvalue weighted by Gasteiger charge is -2.32. The van der Waals surface area contributed by atoms with Crippen molar-refractivity contribution in [1.29, 1.82) is 0 Å². The van der Waals surface area contributed by atoms with E-state index in [9.17, 15) is 4.79 Å². The van der Waals surface area contributed by atoms with Gasteiger partial charge in [-0.25, -0.2) is 4.79 Å². The molecule has 1 aliphatic carbocycles. The van der Waals surface area contributed by atoms with Crippen molar-refractivity contribution < 1.29 is 18.7 Å². The average molecular weight is 405 g/mol. The van der Waals surface area contributed by atoms with Crippen LogP contribution < -0.4 is 4.74 Å². The summed E-state index contributed by atoms with van der Waals surface area (Å²) in [5.41, 5.74) is 2.91. The first-order valence-electron chi connectivity index (χ1n) is 10.5. The second-order valence-corrected chi connectivity index (χ2v) is 8.46. The lowest BCUT2D eigenvalue weighted by atomic mass is 9.87. The molecule has 4 rings (SSSR count). The molecule has 0 saturated heterocycles. The van der Waals surface area contributed by atoms with Gasteiger partial charge in [-0.3, -0.25) is 0 Å². The SMILES string of the molecule is C=CC(=O)OC1CCC(Oc2ccc3cc(-c4ccccc4CC)oc3c2)C1(C)C.